The normalized spacial score (nSPS) is 9.85. The topological polar surface area (TPSA) is 108 Å². The lowest BCUT2D eigenvalue weighted by Crippen LogP contribution is -2.34. The predicted octanol–water partition coefficient (Wildman–Crippen LogP) is 0.124. The minimum Gasteiger partial charge on any atom is -0.478 e. The molecule has 2 amide bonds. The number of pyridine rings is 1. The van der Waals surface area contributed by atoms with E-state index in [1.807, 2.05) is 0 Å². The molecule has 0 fully saturated rings. The Labute approximate surface area is 120 Å². The van der Waals surface area contributed by atoms with E-state index in [-0.39, 0.29) is 23.1 Å². The number of rotatable bonds is 7. The van der Waals surface area contributed by atoms with Gasteiger partial charge in [-0.05, 0) is 12.1 Å². The summed E-state index contributed by atoms with van der Waals surface area (Å²) >= 11 is 1.21. The standard InChI is InChI=1S/C12H15N3O4S/c1-8(16)13-4-5-14-10(17)7-20-11-3-2-9(6-15-11)12(18)19/h2-3,6H,4-5,7H2,1H3,(H,13,16)(H,14,17)(H,18,19). The van der Waals surface area contributed by atoms with Gasteiger partial charge in [-0.3, -0.25) is 9.59 Å². The van der Waals surface area contributed by atoms with Gasteiger partial charge < -0.3 is 15.7 Å². The van der Waals surface area contributed by atoms with Crippen LogP contribution in [0.5, 0.6) is 0 Å². The largest absolute Gasteiger partial charge is 0.478 e. The molecule has 0 atom stereocenters. The van der Waals surface area contributed by atoms with Gasteiger partial charge in [-0.2, -0.15) is 0 Å². The SMILES string of the molecule is CC(=O)NCCNC(=O)CSc1ccc(C(=O)O)cn1. The number of aromatic carboxylic acids is 1. The molecule has 108 valence electrons. The second kappa shape index (κ2) is 8.16. The molecule has 0 aliphatic rings. The molecule has 0 radical (unpaired) electrons. The molecule has 0 aliphatic heterocycles. The van der Waals surface area contributed by atoms with E-state index < -0.39 is 5.97 Å². The number of hydrogen-bond donors (Lipinski definition) is 3. The first-order valence-corrected chi connectivity index (χ1v) is 6.81. The molecule has 20 heavy (non-hydrogen) atoms. The van der Waals surface area contributed by atoms with Crippen LogP contribution >= 0.6 is 11.8 Å². The van der Waals surface area contributed by atoms with Gasteiger partial charge in [0.2, 0.25) is 11.8 Å². The molecule has 3 N–H and O–H groups in total. The van der Waals surface area contributed by atoms with Crippen molar-refractivity contribution in [2.75, 3.05) is 18.8 Å². The zero-order valence-electron chi connectivity index (χ0n) is 10.9. The Balaban J connectivity index is 2.26. The quantitative estimate of drug-likeness (QED) is 0.487. The van der Waals surface area contributed by atoms with Crippen LogP contribution in [0.25, 0.3) is 0 Å². The van der Waals surface area contributed by atoms with Crippen LogP contribution in [-0.2, 0) is 9.59 Å². The Morgan fingerprint density at radius 3 is 2.50 bits per heavy atom. The van der Waals surface area contributed by atoms with Gasteiger partial charge in [0.05, 0.1) is 16.3 Å². The van der Waals surface area contributed by atoms with Crippen molar-refractivity contribution in [3.8, 4) is 0 Å². The van der Waals surface area contributed by atoms with E-state index in [0.717, 1.165) is 0 Å². The number of amides is 2. The van der Waals surface area contributed by atoms with E-state index in [1.54, 1.807) is 6.07 Å². The van der Waals surface area contributed by atoms with Gasteiger partial charge in [-0.15, -0.1) is 0 Å². The molecule has 0 unspecified atom stereocenters. The first-order chi connectivity index (χ1) is 9.49. The molecule has 1 aromatic heterocycles. The van der Waals surface area contributed by atoms with Gasteiger partial charge in [0.1, 0.15) is 0 Å². The summed E-state index contributed by atoms with van der Waals surface area (Å²) in [6, 6.07) is 2.99. The van der Waals surface area contributed by atoms with E-state index in [1.165, 1.54) is 30.9 Å². The van der Waals surface area contributed by atoms with Crippen molar-refractivity contribution in [2.45, 2.75) is 11.9 Å². The molecule has 8 heteroatoms. The summed E-state index contributed by atoms with van der Waals surface area (Å²) in [6.45, 7) is 2.16. The third-order valence-electron chi connectivity index (χ3n) is 2.16. The van der Waals surface area contributed by atoms with Gasteiger partial charge in [-0.1, -0.05) is 11.8 Å². The fourth-order valence-corrected chi connectivity index (χ4v) is 1.90. The number of hydrogen-bond acceptors (Lipinski definition) is 5. The Hall–Kier alpha value is -2.09. The van der Waals surface area contributed by atoms with Crippen LogP contribution in [-0.4, -0.2) is 46.7 Å². The number of thioether (sulfide) groups is 1. The van der Waals surface area contributed by atoms with Crippen molar-refractivity contribution in [3.63, 3.8) is 0 Å². The van der Waals surface area contributed by atoms with Crippen molar-refractivity contribution in [1.29, 1.82) is 0 Å². The lowest BCUT2D eigenvalue weighted by Gasteiger charge is -2.05. The number of carbonyl (C=O) groups is 3. The molecule has 1 aromatic rings. The monoisotopic (exact) mass is 297 g/mol. The average Bonchev–Trinajstić information content (AvgIpc) is 2.41. The highest BCUT2D eigenvalue weighted by Gasteiger charge is 2.06. The smallest absolute Gasteiger partial charge is 0.337 e. The molecule has 1 heterocycles. The third-order valence-corrected chi connectivity index (χ3v) is 3.10. The summed E-state index contributed by atoms with van der Waals surface area (Å²) in [6.07, 6.45) is 1.25. The summed E-state index contributed by atoms with van der Waals surface area (Å²) in [5.41, 5.74) is 0.106. The summed E-state index contributed by atoms with van der Waals surface area (Å²) in [7, 11) is 0. The first-order valence-electron chi connectivity index (χ1n) is 5.82. The van der Waals surface area contributed by atoms with Crippen LogP contribution < -0.4 is 10.6 Å². The van der Waals surface area contributed by atoms with E-state index in [2.05, 4.69) is 15.6 Å². The predicted molar refractivity (Wildman–Crippen MR) is 73.6 cm³/mol. The molecule has 7 nitrogen and oxygen atoms in total. The molecule has 0 bridgehead atoms. The molecular weight excluding hydrogens is 282 g/mol. The second-order valence-electron chi connectivity index (χ2n) is 3.81. The third kappa shape index (κ3) is 6.19. The van der Waals surface area contributed by atoms with Crippen molar-refractivity contribution in [1.82, 2.24) is 15.6 Å². The van der Waals surface area contributed by atoms with Crippen LogP contribution in [0.2, 0.25) is 0 Å². The molecule has 0 saturated heterocycles. The minimum absolute atomic E-state index is 0.106. The summed E-state index contributed by atoms with van der Waals surface area (Å²) in [5, 5.41) is 14.5. The molecular formula is C12H15N3O4S. The van der Waals surface area contributed by atoms with Crippen LogP contribution in [0.3, 0.4) is 0 Å². The zero-order valence-corrected chi connectivity index (χ0v) is 11.7. The number of nitrogens with one attached hydrogen (secondary N) is 2. The van der Waals surface area contributed by atoms with Crippen molar-refractivity contribution >= 4 is 29.5 Å². The summed E-state index contributed by atoms with van der Waals surface area (Å²) in [5.74, 6) is -1.18. The first kappa shape index (κ1) is 16.0. The van der Waals surface area contributed by atoms with Crippen LogP contribution in [0.15, 0.2) is 23.4 Å². The maximum atomic E-state index is 11.5. The summed E-state index contributed by atoms with van der Waals surface area (Å²) in [4.78, 5) is 36.6. The molecule has 0 spiro atoms. The highest BCUT2D eigenvalue weighted by Crippen LogP contribution is 2.14. The maximum Gasteiger partial charge on any atom is 0.337 e. The summed E-state index contributed by atoms with van der Waals surface area (Å²) < 4.78 is 0. The van der Waals surface area contributed by atoms with Gasteiger partial charge in [-0.25, -0.2) is 9.78 Å². The second-order valence-corrected chi connectivity index (χ2v) is 4.81. The van der Waals surface area contributed by atoms with Crippen LogP contribution in [0.1, 0.15) is 17.3 Å². The number of carboxylic acid groups (broad SMARTS) is 1. The lowest BCUT2D eigenvalue weighted by atomic mass is 10.3. The lowest BCUT2D eigenvalue weighted by molar-refractivity contribution is -0.120. The maximum absolute atomic E-state index is 11.5. The van der Waals surface area contributed by atoms with Gasteiger partial charge in [0.25, 0.3) is 0 Å². The molecule has 0 saturated carbocycles. The molecule has 0 aliphatic carbocycles. The van der Waals surface area contributed by atoms with E-state index in [4.69, 9.17) is 5.11 Å². The number of carbonyl (C=O) groups excluding carboxylic acids is 2. The fraction of sp³-hybridized carbons (Fsp3) is 0.333. The van der Waals surface area contributed by atoms with Gasteiger partial charge >= 0.3 is 5.97 Å². The highest BCUT2D eigenvalue weighted by molar-refractivity contribution is 7.99. The van der Waals surface area contributed by atoms with Gasteiger partial charge in [0, 0.05) is 26.2 Å². The molecule has 1 rings (SSSR count). The zero-order chi connectivity index (χ0) is 15.0. The van der Waals surface area contributed by atoms with Crippen LogP contribution in [0.4, 0.5) is 0 Å². The Bertz CT molecular complexity index is 490. The Kier molecular flexibility index (Phi) is 6.51. The van der Waals surface area contributed by atoms with Gasteiger partial charge in [0.15, 0.2) is 0 Å². The minimum atomic E-state index is -1.04. The molecule has 0 aromatic carbocycles. The number of carboxylic acids is 1. The fourth-order valence-electron chi connectivity index (χ4n) is 1.22. The Morgan fingerprint density at radius 2 is 1.95 bits per heavy atom. The number of nitrogens with zero attached hydrogens (tertiary/aromatic N) is 1. The highest BCUT2D eigenvalue weighted by atomic mass is 32.2. The average molecular weight is 297 g/mol. The van der Waals surface area contributed by atoms with Crippen molar-refractivity contribution < 1.29 is 19.5 Å². The Morgan fingerprint density at radius 1 is 1.25 bits per heavy atom. The van der Waals surface area contributed by atoms with Crippen LogP contribution in [0, 0.1) is 0 Å². The van der Waals surface area contributed by atoms with Crippen molar-refractivity contribution in [3.05, 3.63) is 23.9 Å². The van der Waals surface area contributed by atoms with E-state index in [0.29, 0.717) is 18.1 Å². The number of aromatic nitrogens is 1. The van der Waals surface area contributed by atoms with E-state index in [9.17, 15) is 14.4 Å². The van der Waals surface area contributed by atoms with E-state index >= 15 is 0 Å². The van der Waals surface area contributed by atoms with Crippen molar-refractivity contribution in [2.24, 2.45) is 0 Å².